The predicted molar refractivity (Wildman–Crippen MR) is 70.3 cm³/mol. The fraction of sp³-hybridized carbons (Fsp3) is 0.286. The number of hydrogen-bond acceptors (Lipinski definition) is 2. The summed E-state index contributed by atoms with van der Waals surface area (Å²) in [5.74, 6) is -0.304. The van der Waals surface area contributed by atoms with Crippen LogP contribution < -0.4 is 4.90 Å². The first kappa shape index (κ1) is 12.4. The highest BCUT2D eigenvalue weighted by molar-refractivity contribution is 6.08. The Hall–Kier alpha value is -2.10. The van der Waals surface area contributed by atoms with Gasteiger partial charge >= 0.3 is 0 Å². The molecule has 1 aliphatic heterocycles. The molecule has 0 spiro atoms. The van der Waals surface area contributed by atoms with E-state index in [1.165, 1.54) is 15.9 Å². The van der Waals surface area contributed by atoms with Crippen molar-refractivity contribution in [2.24, 2.45) is 0 Å². The Morgan fingerprint density at radius 2 is 2.06 bits per heavy atom. The number of carbonyl (C=O) groups is 2. The first-order valence-corrected chi connectivity index (χ1v) is 5.81. The molecule has 1 heterocycles. The molecule has 0 aromatic heterocycles. The van der Waals surface area contributed by atoms with Crippen molar-refractivity contribution in [3.8, 4) is 0 Å². The molecule has 2 amide bonds. The maximum Gasteiger partial charge on any atom is 0.251 e. The molecule has 0 N–H and O–H groups in total. The average Bonchev–Trinajstić information content (AvgIpc) is 2.75. The van der Waals surface area contributed by atoms with Gasteiger partial charge in [0.15, 0.2) is 0 Å². The molecule has 1 aromatic rings. The summed E-state index contributed by atoms with van der Waals surface area (Å²) in [5.41, 5.74) is 1.83. The first-order chi connectivity index (χ1) is 8.56. The van der Waals surface area contributed by atoms with Gasteiger partial charge in [0.1, 0.15) is 6.04 Å². The van der Waals surface area contributed by atoms with Crippen LogP contribution in [0.3, 0.4) is 0 Å². The largest absolute Gasteiger partial charge is 0.347 e. The number of anilines is 1. The van der Waals surface area contributed by atoms with Gasteiger partial charge in [0.25, 0.3) is 5.91 Å². The van der Waals surface area contributed by atoms with Crippen molar-refractivity contribution in [2.75, 3.05) is 19.0 Å². The first-order valence-electron chi connectivity index (χ1n) is 5.81. The summed E-state index contributed by atoms with van der Waals surface area (Å²) in [6.07, 6.45) is 1.81. The van der Waals surface area contributed by atoms with Crippen LogP contribution >= 0.6 is 0 Å². The monoisotopic (exact) mass is 244 g/mol. The second-order valence-electron chi connectivity index (χ2n) is 4.49. The Balaban J connectivity index is 2.43. The SMILES string of the molecule is C=CC(=O)N1c2ccccc2C[C@H]1C(=O)N(C)C. The van der Waals surface area contributed by atoms with Crippen molar-refractivity contribution < 1.29 is 9.59 Å². The lowest BCUT2D eigenvalue weighted by molar-refractivity contribution is -0.131. The molecule has 0 bridgehead atoms. The number of benzene rings is 1. The van der Waals surface area contributed by atoms with Gasteiger partial charge in [-0.15, -0.1) is 0 Å². The summed E-state index contributed by atoms with van der Waals surface area (Å²) in [6.45, 7) is 3.50. The van der Waals surface area contributed by atoms with Crippen LogP contribution in [0.4, 0.5) is 5.69 Å². The van der Waals surface area contributed by atoms with Crippen molar-refractivity contribution in [1.82, 2.24) is 4.90 Å². The molecule has 0 radical (unpaired) electrons. The molecule has 4 heteroatoms. The van der Waals surface area contributed by atoms with Crippen LogP contribution in [0.2, 0.25) is 0 Å². The van der Waals surface area contributed by atoms with E-state index in [2.05, 4.69) is 6.58 Å². The van der Waals surface area contributed by atoms with Gasteiger partial charge in [-0.3, -0.25) is 14.5 Å². The van der Waals surface area contributed by atoms with Crippen LogP contribution in [0, 0.1) is 0 Å². The minimum atomic E-state index is -0.456. The van der Waals surface area contributed by atoms with E-state index < -0.39 is 6.04 Å². The predicted octanol–water partition coefficient (Wildman–Crippen LogP) is 1.22. The van der Waals surface area contributed by atoms with E-state index in [9.17, 15) is 9.59 Å². The van der Waals surface area contributed by atoms with Gasteiger partial charge in [0.05, 0.1) is 0 Å². The molecule has 1 aromatic carbocycles. The Morgan fingerprint density at radius 1 is 1.39 bits per heavy atom. The minimum absolute atomic E-state index is 0.0681. The molecule has 18 heavy (non-hydrogen) atoms. The maximum atomic E-state index is 12.1. The molecule has 1 aliphatic rings. The summed E-state index contributed by atoms with van der Waals surface area (Å²) in [7, 11) is 3.39. The summed E-state index contributed by atoms with van der Waals surface area (Å²) in [4.78, 5) is 27.1. The van der Waals surface area contributed by atoms with Crippen LogP contribution in [0.1, 0.15) is 5.56 Å². The molecular weight excluding hydrogens is 228 g/mol. The molecular formula is C14H16N2O2. The number of amides is 2. The number of hydrogen-bond donors (Lipinski definition) is 0. The van der Waals surface area contributed by atoms with Gasteiger partial charge in [-0.1, -0.05) is 24.8 Å². The van der Waals surface area contributed by atoms with Crippen molar-refractivity contribution >= 4 is 17.5 Å². The zero-order valence-electron chi connectivity index (χ0n) is 10.6. The topological polar surface area (TPSA) is 40.6 Å². The summed E-state index contributed by atoms with van der Waals surface area (Å²) in [6, 6.07) is 7.13. The molecule has 4 nitrogen and oxygen atoms in total. The Bertz CT molecular complexity index is 508. The van der Waals surface area contributed by atoms with E-state index in [1.54, 1.807) is 14.1 Å². The van der Waals surface area contributed by atoms with E-state index in [0.29, 0.717) is 6.42 Å². The third-order valence-electron chi connectivity index (χ3n) is 3.11. The van der Waals surface area contributed by atoms with Crippen molar-refractivity contribution in [3.63, 3.8) is 0 Å². The van der Waals surface area contributed by atoms with Crippen LogP contribution in [0.5, 0.6) is 0 Å². The number of rotatable bonds is 2. The lowest BCUT2D eigenvalue weighted by Gasteiger charge is -2.25. The number of likely N-dealkylation sites (N-methyl/N-ethyl adjacent to an activating group) is 1. The van der Waals surface area contributed by atoms with Gasteiger partial charge in [-0.05, 0) is 17.7 Å². The fourth-order valence-electron chi connectivity index (χ4n) is 2.25. The fourth-order valence-corrected chi connectivity index (χ4v) is 2.25. The van der Waals surface area contributed by atoms with Gasteiger partial charge < -0.3 is 4.90 Å². The summed E-state index contributed by atoms with van der Waals surface area (Å²) < 4.78 is 0. The van der Waals surface area contributed by atoms with Gasteiger partial charge in [-0.2, -0.15) is 0 Å². The Morgan fingerprint density at radius 3 is 2.67 bits per heavy atom. The van der Waals surface area contributed by atoms with E-state index in [0.717, 1.165) is 11.3 Å². The Kier molecular flexibility index (Phi) is 3.19. The maximum absolute atomic E-state index is 12.1. The zero-order chi connectivity index (χ0) is 13.3. The third kappa shape index (κ3) is 1.90. The van der Waals surface area contributed by atoms with E-state index in [1.807, 2.05) is 24.3 Å². The highest BCUT2D eigenvalue weighted by Crippen LogP contribution is 2.32. The lowest BCUT2D eigenvalue weighted by Crippen LogP contribution is -2.47. The van der Waals surface area contributed by atoms with Crippen LogP contribution in [-0.4, -0.2) is 36.9 Å². The second-order valence-corrected chi connectivity index (χ2v) is 4.49. The normalized spacial score (nSPS) is 17.2. The zero-order valence-corrected chi connectivity index (χ0v) is 10.6. The number of fused-ring (bicyclic) bond motifs is 1. The molecule has 94 valence electrons. The lowest BCUT2D eigenvalue weighted by atomic mass is 10.1. The molecule has 2 rings (SSSR count). The smallest absolute Gasteiger partial charge is 0.251 e. The second kappa shape index (κ2) is 4.64. The molecule has 0 fully saturated rings. The number of nitrogens with zero attached hydrogens (tertiary/aromatic N) is 2. The standard InChI is InChI=1S/C14H16N2O2/c1-4-13(17)16-11-8-6-5-7-10(11)9-12(16)14(18)15(2)3/h4-8,12H,1,9H2,2-3H3/t12-/m0/s1. The summed E-state index contributed by atoms with van der Waals surface area (Å²) >= 11 is 0. The molecule has 1 atom stereocenters. The Labute approximate surface area is 106 Å². The molecule has 0 saturated carbocycles. The summed E-state index contributed by atoms with van der Waals surface area (Å²) in [5, 5.41) is 0. The minimum Gasteiger partial charge on any atom is -0.347 e. The van der Waals surface area contributed by atoms with Crippen molar-refractivity contribution in [3.05, 3.63) is 42.5 Å². The molecule has 0 unspecified atom stereocenters. The van der Waals surface area contributed by atoms with Gasteiger partial charge in [-0.25, -0.2) is 0 Å². The average molecular weight is 244 g/mol. The molecule has 0 aliphatic carbocycles. The van der Waals surface area contributed by atoms with E-state index in [-0.39, 0.29) is 11.8 Å². The van der Waals surface area contributed by atoms with Crippen molar-refractivity contribution in [2.45, 2.75) is 12.5 Å². The van der Waals surface area contributed by atoms with Gasteiger partial charge in [0, 0.05) is 26.2 Å². The van der Waals surface area contributed by atoms with E-state index in [4.69, 9.17) is 0 Å². The van der Waals surface area contributed by atoms with E-state index >= 15 is 0 Å². The highest BCUT2D eigenvalue weighted by Gasteiger charge is 2.37. The van der Waals surface area contributed by atoms with Gasteiger partial charge in [0.2, 0.25) is 5.91 Å². The number of carbonyl (C=O) groups excluding carboxylic acids is 2. The highest BCUT2D eigenvalue weighted by atomic mass is 16.2. The number of para-hydroxylation sites is 1. The van der Waals surface area contributed by atoms with Crippen LogP contribution in [0.25, 0.3) is 0 Å². The van der Waals surface area contributed by atoms with Crippen molar-refractivity contribution in [1.29, 1.82) is 0 Å². The third-order valence-corrected chi connectivity index (χ3v) is 3.11. The quantitative estimate of drug-likeness (QED) is 0.734. The molecule has 0 saturated heterocycles. The van der Waals surface area contributed by atoms with Crippen LogP contribution in [-0.2, 0) is 16.0 Å². The van der Waals surface area contributed by atoms with Crippen LogP contribution in [0.15, 0.2) is 36.9 Å².